The van der Waals surface area contributed by atoms with E-state index in [0.29, 0.717) is 58.0 Å². The van der Waals surface area contributed by atoms with Gasteiger partial charge in [0.2, 0.25) is 0 Å². The maximum absolute atomic E-state index is 13.5. The third kappa shape index (κ3) is 7.23. The second-order valence-corrected chi connectivity index (χ2v) is 9.43. The molecule has 0 saturated heterocycles. The summed E-state index contributed by atoms with van der Waals surface area (Å²) < 4.78 is 59.2. The van der Waals surface area contributed by atoms with Crippen LogP contribution in [-0.4, -0.2) is 49.1 Å². The summed E-state index contributed by atoms with van der Waals surface area (Å²) in [4.78, 5) is 6.28. The maximum atomic E-state index is 13.5. The van der Waals surface area contributed by atoms with E-state index in [1.165, 1.54) is 6.07 Å². The Labute approximate surface area is 232 Å². The normalized spacial score (nSPS) is 15.1. The molecule has 2 aromatic carbocycles. The molecular weight excluding hydrogens is 521 g/mol. The number of hydrogen-bond acceptors (Lipinski definition) is 6. The van der Waals surface area contributed by atoms with Crippen molar-refractivity contribution in [1.82, 2.24) is 9.55 Å². The molecule has 212 valence electrons. The minimum atomic E-state index is -4.59. The lowest BCUT2D eigenvalue weighted by Crippen LogP contribution is -2.33. The van der Waals surface area contributed by atoms with Crippen molar-refractivity contribution in [1.29, 1.82) is 5.26 Å². The van der Waals surface area contributed by atoms with Crippen molar-refractivity contribution in [3.63, 3.8) is 0 Å². The molecule has 1 aliphatic rings. The van der Waals surface area contributed by atoms with E-state index in [-0.39, 0.29) is 11.6 Å². The molecule has 0 fully saturated rings. The van der Waals surface area contributed by atoms with Gasteiger partial charge in [0.05, 0.1) is 69.0 Å². The lowest BCUT2D eigenvalue weighted by molar-refractivity contribution is -0.137. The molecule has 7 nitrogen and oxygen atoms in total. The van der Waals surface area contributed by atoms with Crippen LogP contribution in [0.1, 0.15) is 42.1 Å². The Kier molecular flexibility index (Phi) is 9.85. The molecule has 0 radical (unpaired) electrons. The summed E-state index contributed by atoms with van der Waals surface area (Å²) in [6.07, 6.45) is 2.51. The van der Waals surface area contributed by atoms with Gasteiger partial charge in [-0.15, -0.1) is 0 Å². The van der Waals surface area contributed by atoms with Crippen LogP contribution in [0.15, 0.2) is 61.1 Å². The smallest absolute Gasteiger partial charge is 0.417 e. The number of benzene rings is 2. The first kappa shape index (κ1) is 29.2. The minimum Gasteiger partial charge on any atom is -0.497 e. The van der Waals surface area contributed by atoms with Gasteiger partial charge in [0.25, 0.3) is 0 Å². The van der Waals surface area contributed by atoms with Crippen LogP contribution in [0.2, 0.25) is 0 Å². The summed E-state index contributed by atoms with van der Waals surface area (Å²) in [6.45, 7) is 5.04. The van der Waals surface area contributed by atoms with E-state index in [1.54, 1.807) is 25.6 Å². The predicted octanol–water partition coefficient (Wildman–Crippen LogP) is 6.09. The van der Waals surface area contributed by atoms with Crippen LogP contribution in [0.3, 0.4) is 0 Å². The fourth-order valence-electron chi connectivity index (χ4n) is 4.90. The second-order valence-electron chi connectivity index (χ2n) is 9.43. The highest BCUT2D eigenvalue weighted by Gasteiger charge is 2.35. The van der Waals surface area contributed by atoms with Gasteiger partial charge in [-0.05, 0) is 61.2 Å². The Hall–Kier alpha value is -3.81. The summed E-state index contributed by atoms with van der Waals surface area (Å²) >= 11 is 0. The standard InChI is InChI=1S/C30H33F3N4O3/c1-3-37(26-9-7-24(18-34)28(17-26)30(31,32)33)25-8-6-23(16-25)29-19-35-21-36(29)12-13-39-14-15-40-20-22-4-10-27(38-2)11-5-22/h4-7,9-11,17,19,21,25H,3,8,12-16,20H2,1-2H3. The van der Waals surface area contributed by atoms with Crippen LogP contribution >= 0.6 is 0 Å². The van der Waals surface area contributed by atoms with Gasteiger partial charge >= 0.3 is 6.18 Å². The van der Waals surface area contributed by atoms with Gasteiger partial charge in [-0.25, -0.2) is 4.98 Å². The Bertz CT molecular complexity index is 1330. The van der Waals surface area contributed by atoms with Gasteiger partial charge in [0, 0.05) is 24.8 Å². The highest BCUT2D eigenvalue weighted by atomic mass is 19.4. The number of rotatable bonds is 13. The topological polar surface area (TPSA) is 72.5 Å². The third-order valence-corrected chi connectivity index (χ3v) is 6.95. The summed E-state index contributed by atoms with van der Waals surface area (Å²) in [5.41, 5.74) is 2.34. The SMILES string of the molecule is CCN(c1ccc(C#N)c(C(F)(F)F)c1)C1CC=C(c2cncn2CCOCCOCc2ccc(OC)cc2)C1. The Morgan fingerprint density at radius 1 is 1.10 bits per heavy atom. The van der Waals surface area contributed by atoms with Crippen molar-refractivity contribution < 1.29 is 27.4 Å². The number of methoxy groups -OCH3 is 1. The van der Waals surface area contributed by atoms with Gasteiger partial charge in [-0.3, -0.25) is 0 Å². The fraction of sp³-hybridized carbons (Fsp3) is 0.400. The first-order valence-electron chi connectivity index (χ1n) is 13.2. The number of alkyl halides is 3. The molecule has 0 bridgehead atoms. The highest BCUT2D eigenvalue weighted by molar-refractivity contribution is 5.67. The lowest BCUT2D eigenvalue weighted by Gasteiger charge is -2.31. The Morgan fingerprint density at radius 2 is 1.88 bits per heavy atom. The van der Waals surface area contributed by atoms with E-state index in [2.05, 4.69) is 11.1 Å². The molecule has 1 aliphatic carbocycles. The molecule has 1 atom stereocenters. The van der Waals surface area contributed by atoms with E-state index < -0.39 is 11.7 Å². The van der Waals surface area contributed by atoms with Gasteiger partial charge in [0.1, 0.15) is 5.75 Å². The summed E-state index contributed by atoms with van der Waals surface area (Å²) in [5.74, 6) is 0.809. The zero-order chi connectivity index (χ0) is 28.5. The zero-order valence-corrected chi connectivity index (χ0v) is 22.7. The number of anilines is 1. The Balaban J connectivity index is 1.26. The van der Waals surface area contributed by atoms with E-state index in [1.807, 2.05) is 46.9 Å². The summed E-state index contributed by atoms with van der Waals surface area (Å²) in [6, 6.07) is 13.3. The number of ether oxygens (including phenoxy) is 3. The molecule has 1 heterocycles. The predicted molar refractivity (Wildman–Crippen MR) is 146 cm³/mol. The van der Waals surface area contributed by atoms with Crippen molar-refractivity contribution in [3.05, 3.63) is 83.4 Å². The molecule has 4 rings (SSSR count). The van der Waals surface area contributed by atoms with E-state index in [4.69, 9.17) is 19.5 Å². The summed E-state index contributed by atoms with van der Waals surface area (Å²) in [5, 5.41) is 9.12. The number of imidazole rings is 1. The van der Waals surface area contributed by atoms with Crippen LogP contribution < -0.4 is 9.64 Å². The van der Waals surface area contributed by atoms with Crippen molar-refractivity contribution in [2.24, 2.45) is 0 Å². The average molecular weight is 555 g/mol. The molecular formula is C30H33F3N4O3. The van der Waals surface area contributed by atoms with E-state index >= 15 is 0 Å². The molecule has 0 N–H and O–H groups in total. The van der Waals surface area contributed by atoms with Crippen LogP contribution in [0.5, 0.6) is 5.75 Å². The quantitative estimate of drug-likeness (QED) is 0.238. The number of nitrogens with zero attached hydrogens (tertiary/aromatic N) is 4. The molecule has 0 aliphatic heterocycles. The minimum absolute atomic E-state index is 0.0106. The molecule has 1 unspecified atom stereocenters. The average Bonchev–Trinajstić information content (AvgIpc) is 3.62. The number of hydrogen-bond donors (Lipinski definition) is 0. The monoisotopic (exact) mass is 554 g/mol. The van der Waals surface area contributed by atoms with Crippen LogP contribution in [-0.2, 0) is 28.8 Å². The van der Waals surface area contributed by atoms with Crippen LogP contribution in [0, 0.1) is 11.3 Å². The molecule has 0 amide bonds. The Morgan fingerprint density at radius 3 is 2.58 bits per heavy atom. The van der Waals surface area contributed by atoms with Gasteiger partial charge in [0.15, 0.2) is 0 Å². The van der Waals surface area contributed by atoms with Crippen molar-refractivity contribution >= 4 is 11.3 Å². The van der Waals surface area contributed by atoms with Crippen LogP contribution in [0.4, 0.5) is 18.9 Å². The molecule has 3 aromatic rings. The van der Waals surface area contributed by atoms with E-state index in [0.717, 1.165) is 28.6 Å². The number of halogens is 3. The zero-order valence-electron chi connectivity index (χ0n) is 22.7. The van der Waals surface area contributed by atoms with Crippen LogP contribution in [0.25, 0.3) is 5.57 Å². The third-order valence-electron chi connectivity index (χ3n) is 6.95. The molecule has 0 saturated carbocycles. The summed E-state index contributed by atoms with van der Waals surface area (Å²) in [7, 11) is 1.63. The van der Waals surface area contributed by atoms with Gasteiger partial charge < -0.3 is 23.7 Å². The van der Waals surface area contributed by atoms with Crippen molar-refractivity contribution in [2.75, 3.05) is 38.4 Å². The van der Waals surface area contributed by atoms with Crippen molar-refractivity contribution in [2.45, 2.75) is 45.1 Å². The lowest BCUT2D eigenvalue weighted by atomic mass is 10.0. The highest BCUT2D eigenvalue weighted by Crippen LogP contribution is 2.37. The molecule has 0 spiro atoms. The molecule has 40 heavy (non-hydrogen) atoms. The first-order chi connectivity index (χ1) is 19.3. The second kappa shape index (κ2) is 13.5. The molecule has 10 heteroatoms. The first-order valence-corrected chi connectivity index (χ1v) is 13.2. The maximum Gasteiger partial charge on any atom is 0.417 e. The van der Waals surface area contributed by atoms with Gasteiger partial charge in [-0.2, -0.15) is 18.4 Å². The fourth-order valence-corrected chi connectivity index (χ4v) is 4.90. The van der Waals surface area contributed by atoms with Gasteiger partial charge in [-0.1, -0.05) is 18.2 Å². The van der Waals surface area contributed by atoms with Crippen molar-refractivity contribution in [3.8, 4) is 11.8 Å². The van der Waals surface area contributed by atoms with E-state index in [9.17, 15) is 13.2 Å². The molecule has 1 aromatic heterocycles. The largest absolute Gasteiger partial charge is 0.497 e. The number of aromatic nitrogens is 2. The number of nitriles is 1.